The van der Waals surface area contributed by atoms with Gasteiger partial charge in [-0.2, -0.15) is 0 Å². The number of benzene rings is 1. The Hall–Kier alpha value is -0.730. The Morgan fingerprint density at radius 3 is 2.27 bits per heavy atom. The Morgan fingerprint density at radius 1 is 1.20 bits per heavy atom. The monoisotopic (exact) mass is 243 g/mol. The highest BCUT2D eigenvalue weighted by Crippen LogP contribution is 2.28. The molecule has 0 aliphatic heterocycles. The van der Waals surface area contributed by atoms with Crippen LogP contribution in [0.5, 0.6) is 0 Å². The molecular formula is C11H11Cl2NO. The number of rotatable bonds is 2. The highest BCUT2D eigenvalue weighted by atomic mass is 35.5. The van der Waals surface area contributed by atoms with E-state index in [2.05, 4.69) is 5.32 Å². The van der Waals surface area contributed by atoms with Crippen LogP contribution >= 0.6 is 23.2 Å². The number of halogens is 2. The predicted octanol–water partition coefficient (Wildman–Crippen LogP) is 3.73. The van der Waals surface area contributed by atoms with Gasteiger partial charge in [0.05, 0.1) is 0 Å². The van der Waals surface area contributed by atoms with Gasteiger partial charge in [-0.3, -0.25) is 4.79 Å². The number of nitrogens with one attached hydrogen (secondary N) is 1. The number of carbonyl (C=O) groups is 1. The summed E-state index contributed by atoms with van der Waals surface area (Å²) in [4.78, 5) is 11.6. The molecule has 1 fully saturated rings. The van der Waals surface area contributed by atoms with E-state index >= 15 is 0 Å². The molecule has 0 heterocycles. The third kappa shape index (κ3) is 2.64. The topological polar surface area (TPSA) is 29.1 Å². The maximum Gasteiger partial charge on any atom is 0.227 e. The lowest BCUT2D eigenvalue weighted by Gasteiger charge is -2.24. The van der Waals surface area contributed by atoms with Gasteiger partial charge in [0.2, 0.25) is 5.91 Å². The summed E-state index contributed by atoms with van der Waals surface area (Å²) < 4.78 is 0. The highest BCUT2D eigenvalue weighted by Gasteiger charge is 2.25. The van der Waals surface area contributed by atoms with Gasteiger partial charge in [-0.25, -0.2) is 0 Å². The summed E-state index contributed by atoms with van der Waals surface area (Å²) in [5.74, 6) is 0.238. The standard InChI is InChI=1S/C11H11Cl2NO/c12-8-4-9(13)6-10(5-8)14-11(15)7-2-1-3-7/h4-7H,1-3H2,(H,14,15). The van der Waals surface area contributed by atoms with Gasteiger partial charge in [0.1, 0.15) is 0 Å². The Labute approximate surface area is 98.6 Å². The van der Waals surface area contributed by atoms with E-state index in [9.17, 15) is 4.79 Å². The Kier molecular flexibility index (Phi) is 3.17. The van der Waals surface area contributed by atoms with Gasteiger partial charge >= 0.3 is 0 Å². The van der Waals surface area contributed by atoms with E-state index in [1.807, 2.05) is 0 Å². The summed E-state index contributed by atoms with van der Waals surface area (Å²) in [5.41, 5.74) is 0.671. The number of carbonyl (C=O) groups excluding carboxylic acids is 1. The fraction of sp³-hybridized carbons (Fsp3) is 0.364. The molecule has 80 valence electrons. The van der Waals surface area contributed by atoms with E-state index in [-0.39, 0.29) is 11.8 Å². The molecule has 1 amide bonds. The van der Waals surface area contributed by atoms with Crippen LogP contribution in [-0.4, -0.2) is 5.91 Å². The normalized spacial score (nSPS) is 15.9. The van der Waals surface area contributed by atoms with Crippen molar-refractivity contribution < 1.29 is 4.79 Å². The first-order valence-electron chi connectivity index (χ1n) is 4.92. The number of anilines is 1. The summed E-state index contributed by atoms with van der Waals surface area (Å²) in [6.07, 6.45) is 3.12. The summed E-state index contributed by atoms with van der Waals surface area (Å²) in [5, 5.41) is 3.89. The molecule has 4 heteroatoms. The molecule has 0 atom stereocenters. The van der Waals surface area contributed by atoms with Crippen molar-refractivity contribution in [3.8, 4) is 0 Å². The molecule has 0 unspecified atom stereocenters. The van der Waals surface area contributed by atoms with Crippen LogP contribution in [0.15, 0.2) is 18.2 Å². The maximum absolute atomic E-state index is 11.6. The SMILES string of the molecule is O=C(Nc1cc(Cl)cc(Cl)c1)C1CCC1. The fourth-order valence-corrected chi connectivity index (χ4v) is 2.07. The minimum Gasteiger partial charge on any atom is -0.326 e. The van der Waals surface area contributed by atoms with Crippen LogP contribution in [0.4, 0.5) is 5.69 Å². The average molecular weight is 244 g/mol. The van der Waals surface area contributed by atoms with E-state index in [4.69, 9.17) is 23.2 Å². The zero-order valence-electron chi connectivity index (χ0n) is 8.09. The second kappa shape index (κ2) is 4.42. The molecule has 1 saturated carbocycles. The Morgan fingerprint density at radius 2 is 1.80 bits per heavy atom. The molecule has 1 aromatic rings. The molecule has 0 bridgehead atoms. The van der Waals surface area contributed by atoms with Crippen molar-refractivity contribution in [2.45, 2.75) is 19.3 Å². The van der Waals surface area contributed by atoms with Crippen molar-refractivity contribution in [1.29, 1.82) is 0 Å². The summed E-state index contributed by atoms with van der Waals surface area (Å²) >= 11 is 11.7. The van der Waals surface area contributed by atoms with Crippen LogP contribution in [-0.2, 0) is 4.79 Å². The van der Waals surface area contributed by atoms with Crippen molar-refractivity contribution in [3.05, 3.63) is 28.2 Å². The summed E-state index contributed by atoms with van der Waals surface area (Å²) in [7, 11) is 0. The van der Waals surface area contributed by atoms with Crippen LogP contribution in [0, 0.1) is 5.92 Å². The lowest BCUT2D eigenvalue weighted by molar-refractivity contribution is -0.122. The predicted molar refractivity (Wildman–Crippen MR) is 62.4 cm³/mol. The molecular weight excluding hydrogens is 233 g/mol. The molecule has 0 radical (unpaired) electrons. The molecule has 1 aromatic carbocycles. The molecule has 0 spiro atoms. The first-order valence-corrected chi connectivity index (χ1v) is 5.68. The average Bonchev–Trinajstić information content (AvgIpc) is 1.96. The third-order valence-electron chi connectivity index (χ3n) is 2.61. The van der Waals surface area contributed by atoms with E-state index in [0.29, 0.717) is 15.7 Å². The van der Waals surface area contributed by atoms with Crippen LogP contribution in [0.2, 0.25) is 10.0 Å². The minimum absolute atomic E-state index is 0.0691. The molecule has 2 rings (SSSR count). The van der Waals surface area contributed by atoms with Crippen molar-refractivity contribution in [1.82, 2.24) is 0 Å². The third-order valence-corrected chi connectivity index (χ3v) is 3.04. The second-order valence-corrected chi connectivity index (χ2v) is 4.65. The van der Waals surface area contributed by atoms with Gasteiger partial charge in [-0.05, 0) is 31.0 Å². The maximum atomic E-state index is 11.6. The first kappa shape index (κ1) is 10.8. The lowest BCUT2D eigenvalue weighted by Crippen LogP contribution is -2.27. The Balaban J connectivity index is 2.06. The summed E-state index contributed by atoms with van der Waals surface area (Å²) in [6, 6.07) is 5.04. The molecule has 1 aliphatic rings. The first-order chi connectivity index (χ1) is 7.15. The largest absolute Gasteiger partial charge is 0.326 e. The number of hydrogen-bond donors (Lipinski definition) is 1. The van der Waals surface area contributed by atoms with Crippen molar-refractivity contribution >= 4 is 34.8 Å². The number of amides is 1. The lowest BCUT2D eigenvalue weighted by atomic mass is 9.85. The van der Waals surface area contributed by atoms with Crippen LogP contribution in [0.25, 0.3) is 0 Å². The molecule has 0 aromatic heterocycles. The van der Waals surface area contributed by atoms with Gasteiger partial charge < -0.3 is 5.32 Å². The van der Waals surface area contributed by atoms with Crippen LogP contribution in [0.3, 0.4) is 0 Å². The van der Waals surface area contributed by atoms with E-state index < -0.39 is 0 Å². The molecule has 1 N–H and O–H groups in total. The zero-order valence-corrected chi connectivity index (χ0v) is 9.61. The molecule has 15 heavy (non-hydrogen) atoms. The van der Waals surface area contributed by atoms with Crippen molar-refractivity contribution in [2.24, 2.45) is 5.92 Å². The van der Waals surface area contributed by atoms with Gasteiger partial charge in [-0.15, -0.1) is 0 Å². The van der Waals surface area contributed by atoms with E-state index in [1.54, 1.807) is 18.2 Å². The molecule has 2 nitrogen and oxygen atoms in total. The van der Waals surface area contributed by atoms with Crippen LogP contribution < -0.4 is 5.32 Å². The van der Waals surface area contributed by atoms with Gasteiger partial charge in [-0.1, -0.05) is 29.6 Å². The quantitative estimate of drug-likeness (QED) is 0.843. The smallest absolute Gasteiger partial charge is 0.227 e. The molecule has 0 saturated heterocycles. The van der Waals surface area contributed by atoms with Gasteiger partial charge in [0.25, 0.3) is 0 Å². The fourth-order valence-electron chi connectivity index (χ4n) is 1.54. The van der Waals surface area contributed by atoms with Gasteiger partial charge in [0, 0.05) is 21.7 Å². The second-order valence-electron chi connectivity index (χ2n) is 3.78. The molecule has 1 aliphatic carbocycles. The van der Waals surface area contributed by atoms with Crippen molar-refractivity contribution in [3.63, 3.8) is 0 Å². The summed E-state index contributed by atoms with van der Waals surface area (Å²) in [6.45, 7) is 0. The minimum atomic E-state index is 0.0691. The van der Waals surface area contributed by atoms with E-state index in [1.165, 1.54) is 0 Å². The van der Waals surface area contributed by atoms with Crippen molar-refractivity contribution in [2.75, 3.05) is 5.32 Å². The Bertz CT molecular complexity index is 368. The number of hydrogen-bond acceptors (Lipinski definition) is 1. The van der Waals surface area contributed by atoms with E-state index in [0.717, 1.165) is 19.3 Å². The van der Waals surface area contributed by atoms with Gasteiger partial charge in [0.15, 0.2) is 0 Å². The zero-order chi connectivity index (χ0) is 10.8. The highest BCUT2D eigenvalue weighted by molar-refractivity contribution is 6.35. The van der Waals surface area contributed by atoms with Crippen LogP contribution in [0.1, 0.15) is 19.3 Å².